The molecule has 0 saturated carbocycles. The average Bonchev–Trinajstić information content (AvgIpc) is 3.02. The van der Waals surface area contributed by atoms with E-state index < -0.39 is 54.2 Å². The second-order valence-corrected chi connectivity index (χ2v) is 7.94. The quantitative estimate of drug-likeness (QED) is 0.422. The number of esters is 3. The highest BCUT2D eigenvalue weighted by atomic mass is 16.6. The summed E-state index contributed by atoms with van der Waals surface area (Å²) in [5, 5.41) is 9.78. The Morgan fingerprint density at radius 2 is 2.00 bits per heavy atom. The number of hydrogen-bond donors (Lipinski definition) is 1. The van der Waals surface area contributed by atoms with Gasteiger partial charge in [-0.15, -0.1) is 0 Å². The summed E-state index contributed by atoms with van der Waals surface area (Å²) in [6.07, 6.45) is -0.341. The number of allylic oxidation sites excluding steroid dienone is 1. The Kier molecular flexibility index (Phi) is 5.25. The zero-order chi connectivity index (χ0) is 21.7. The lowest BCUT2D eigenvalue weighted by atomic mass is 9.77. The van der Waals surface area contributed by atoms with E-state index in [-0.39, 0.29) is 17.8 Å². The number of ketones is 1. The van der Waals surface area contributed by atoms with Gasteiger partial charge in [0.2, 0.25) is 5.60 Å². The molecule has 0 spiro atoms. The van der Waals surface area contributed by atoms with Crippen LogP contribution in [0.2, 0.25) is 0 Å². The summed E-state index contributed by atoms with van der Waals surface area (Å²) in [6, 6.07) is 0. The molecule has 156 valence electrons. The lowest BCUT2D eigenvalue weighted by Crippen LogP contribution is -2.50. The van der Waals surface area contributed by atoms with Crippen LogP contribution in [0, 0.1) is 11.8 Å². The molecule has 0 bridgehead atoms. The Bertz CT molecular complexity index is 879. The molecule has 2 aliphatic carbocycles. The largest absolute Gasteiger partial charge is 0.458 e. The highest BCUT2D eigenvalue weighted by Gasteiger charge is 2.65. The van der Waals surface area contributed by atoms with Gasteiger partial charge in [0.15, 0.2) is 5.78 Å². The van der Waals surface area contributed by atoms with Crippen molar-refractivity contribution in [2.24, 2.45) is 11.8 Å². The molecule has 1 saturated heterocycles. The zero-order valence-corrected chi connectivity index (χ0v) is 16.8. The second-order valence-electron chi connectivity index (χ2n) is 7.94. The first-order valence-electron chi connectivity index (χ1n) is 9.33. The molecule has 3 aliphatic rings. The number of hydrogen-bond acceptors (Lipinski definition) is 8. The van der Waals surface area contributed by atoms with Crippen LogP contribution < -0.4 is 0 Å². The van der Waals surface area contributed by atoms with E-state index >= 15 is 0 Å². The van der Waals surface area contributed by atoms with Crippen LogP contribution in [0.15, 0.2) is 34.9 Å². The van der Waals surface area contributed by atoms with E-state index in [2.05, 4.69) is 6.58 Å². The predicted octanol–water partition coefficient (Wildman–Crippen LogP) is 1.18. The maximum absolute atomic E-state index is 12.8. The van der Waals surface area contributed by atoms with Crippen LogP contribution in [0.25, 0.3) is 0 Å². The van der Waals surface area contributed by atoms with E-state index in [4.69, 9.17) is 14.2 Å². The van der Waals surface area contributed by atoms with Gasteiger partial charge in [0.05, 0.1) is 12.5 Å². The highest BCUT2D eigenvalue weighted by Crippen LogP contribution is 2.51. The highest BCUT2D eigenvalue weighted by molar-refractivity contribution is 6.09. The summed E-state index contributed by atoms with van der Waals surface area (Å²) in [4.78, 5) is 49.4. The van der Waals surface area contributed by atoms with Gasteiger partial charge in [-0.2, -0.15) is 0 Å². The molecule has 0 unspecified atom stereocenters. The summed E-state index contributed by atoms with van der Waals surface area (Å²) in [5.74, 6) is -3.97. The SMILES string of the molecule is C=C(C)C(=O)O[C@H]1CC(C)=C2C(=O)C=C(CO)[C@H]2[C@@H]2OC(=O)[C@@](C)(OC(C)=O)[C@@H]21. The summed E-state index contributed by atoms with van der Waals surface area (Å²) >= 11 is 0. The lowest BCUT2D eigenvalue weighted by molar-refractivity contribution is -0.176. The Balaban J connectivity index is 2.15. The van der Waals surface area contributed by atoms with Crippen LogP contribution in [0.4, 0.5) is 0 Å². The van der Waals surface area contributed by atoms with Gasteiger partial charge in [-0.1, -0.05) is 12.2 Å². The third-order valence-corrected chi connectivity index (χ3v) is 5.77. The minimum Gasteiger partial charge on any atom is -0.458 e. The molecule has 0 aromatic heterocycles. The number of ether oxygens (including phenoxy) is 3. The van der Waals surface area contributed by atoms with Crippen molar-refractivity contribution < 1.29 is 38.5 Å². The fourth-order valence-corrected chi connectivity index (χ4v) is 4.57. The van der Waals surface area contributed by atoms with Gasteiger partial charge in [-0.3, -0.25) is 9.59 Å². The van der Waals surface area contributed by atoms with Crippen molar-refractivity contribution in [3.05, 3.63) is 34.9 Å². The standard InChI is InChI=1S/C21H24O8/c1-9(2)19(25)27-14-6-10(3)15-13(24)7-12(8-22)16(15)18-17(14)21(5,20(26)28-18)29-11(4)23/h7,14,16-18,22H,1,6,8H2,2-5H3/t14-,16+,17+,18-,21-/m0/s1. The molecule has 0 aromatic carbocycles. The molecule has 1 heterocycles. The maximum Gasteiger partial charge on any atom is 0.351 e. The van der Waals surface area contributed by atoms with Crippen LogP contribution in [0.5, 0.6) is 0 Å². The Hall–Kier alpha value is -2.74. The van der Waals surface area contributed by atoms with E-state index in [1.54, 1.807) is 6.92 Å². The molecule has 8 nitrogen and oxygen atoms in total. The van der Waals surface area contributed by atoms with Crippen molar-refractivity contribution in [3.8, 4) is 0 Å². The average molecular weight is 404 g/mol. The maximum atomic E-state index is 12.8. The number of rotatable bonds is 4. The summed E-state index contributed by atoms with van der Waals surface area (Å²) in [6.45, 7) is 9.00. The lowest BCUT2D eigenvalue weighted by Gasteiger charge is -2.34. The predicted molar refractivity (Wildman–Crippen MR) is 99.2 cm³/mol. The van der Waals surface area contributed by atoms with Gasteiger partial charge in [-0.25, -0.2) is 9.59 Å². The molecule has 1 fully saturated rings. The summed E-state index contributed by atoms with van der Waals surface area (Å²) in [7, 11) is 0. The molecule has 5 atom stereocenters. The van der Waals surface area contributed by atoms with Crippen molar-refractivity contribution in [2.75, 3.05) is 6.61 Å². The number of carbonyl (C=O) groups excluding carboxylic acids is 4. The third kappa shape index (κ3) is 3.31. The van der Waals surface area contributed by atoms with Gasteiger partial charge in [0.25, 0.3) is 0 Å². The topological polar surface area (TPSA) is 116 Å². The monoisotopic (exact) mass is 404 g/mol. The van der Waals surface area contributed by atoms with Gasteiger partial charge in [0.1, 0.15) is 12.2 Å². The van der Waals surface area contributed by atoms with E-state index in [0.717, 1.165) is 0 Å². The first kappa shape index (κ1) is 21.0. The fraction of sp³-hybridized carbons (Fsp3) is 0.524. The Labute approximate surface area is 168 Å². The summed E-state index contributed by atoms with van der Waals surface area (Å²) < 4.78 is 16.6. The smallest absolute Gasteiger partial charge is 0.351 e. The van der Waals surface area contributed by atoms with Gasteiger partial charge < -0.3 is 19.3 Å². The molecule has 8 heteroatoms. The molecule has 1 N–H and O–H groups in total. The van der Waals surface area contributed by atoms with E-state index in [1.807, 2.05) is 0 Å². The normalized spacial score (nSPS) is 33.3. The Morgan fingerprint density at radius 1 is 1.34 bits per heavy atom. The number of aliphatic hydroxyl groups excluding tert-OH is 1. The third-order valence-electron chi connectivity index (χ3n) is 5.77. The van der Waals surface area contributed by atoms with Gasteiger partial charge >= 0.3 is 17.9 Å². The minimum atomic E-state index is -1.71. The first-order chi connectivity index (χ1) is 13.5. The van der Waals surface area contributed by atoms with E-state index in [0.29, 0.717) is 16.7 Å². The van der Waals surface area contributed by atoms with Crippen molar-refractivity contribution >= 4 is 23.7 Å². The van der Waals surface area contributed by atoms with Crippen LogP contribution >= 0.6 is 0 Å². The van der Waals surface area contributed by atoms with Crippen molar-refractivity contribution in [2.45, 2.75) is 51.9 Å². The first-order valence-corrected chi connectivity index (χ1v) is 9.33. The summed E-state index contributed by atoms with van der Waals surface area (Å²) in [5.41, 5.74) is -0.0557. The molecular formula is C21H24O8. The van der Waals surface area contributed by atoms with E-state index in [9.17, 15) is 24.3 Å². The van der Waals surface area contributed by atoms with E-state index in [1.165, 1.54) is 26.8 Å². The molecule has 3 rings (SSSR count). The van der Waals surface area contributed by atoms with Gasteiger partial charge in [0, 0.05) is 30.4 Å². The number of carbonyl (C=O) groups is 4. The van der Waals surface area contributed by atoms with Crippen LogP contribution in [0.3, 0.4) is 0 Å². The number of fused-ring (bicyclic) bond motifs is 3. The van der Waals surface area contributed by atoms with Gasteiger partial charge in [-0.05, 0) is 32.4 Å². The molecule has 1 aliphatic heterocycles. The van der Waals surface area contributed by atoms with Crippen molar-refractivity contribution in [1.82, 2.24) is 0 Å². The molecule has 0 aromatic rings. The fourth-order valence-electron chi connectivity index (χ4n) is 4.57. The minimum absolute atomic E-state index is 0.151. The van der Waals surface area contributed by atoms with Crippen LogP contribution in [-0.4, -0.2) is 53.2 Å². The molecule has 0 amide bonds. The zero-order valence-electron chi connectivity index (χ0n) is 16.8. The van der Waals surface area contributed by atoms with Crippen molar-refractivity contribution in [3.63, 3.8) is 0 Å². The molecule has 0 radical (unpaired) electrons. The van der Waals surface area contributed by atoms with Crippen LogP contribution in [-0.2, 0) is 33.4 Å². The Morgan fingerprint density at radius 3 is 2.55 bits per heavy atom. The van der Waals surface area contributed by atoms with Crippen molar-refractivity contribution in [1.29, 1.82) is 0 Å². The van der Waals surface area contributed by atoms with Crippen LogP contribution in [0.1, 0.15) is 34.1 Å². The molecule has 29 heavy (non-hydrogen) atoms. The second kappa shape index (κ2) is 7.26. The molecular weight excluding hydrogens is 380 g/mol. The number of aliphatic hydroxyl groups is 1.